The molecule has 0 aliphatic rings. The number of hydrogen-bond donors (Lipinski definition) is 3. The molecule has 0 bridgehead atoms. The molecule has 0 spiro atoms. The first-order chi connectivity index (χ1) is 9.29. The third-order valence-electron chi connectivity index (χ3n) is 2.19. The van der Waals surface area contributed by atoms with Gasteiger partial charge in [0.15, 0.2) is 6.61 Å². The average molecular weight is 302 g/mol. The van der Waals surface area contributed by atoms with E-state index in [2.05, 4.69) is 5.32 Å². The highest BCUT2D eigenvalue weighted by Crippen LogP contribution is 2.16. The van der Waals surface area contributed by atoms with Gasteiger partial charge in [0, 0.05) is 6.54 Å². The van der Waals surface area contributed by atoms with Gasteiger partial charge in [-0.1, -0.05) is 12.1 Å². The summed E-state index contributed by atoms with van der Waals surface area (Å²) in [5.41, 5.74) is 5.27. The Hall–Kier alpha value is -2.13. The van der Waals surface area contributed by atoms with E-state index in [1.54, 1.807) is 12.1 Å². The third kappa shape index (κ3) is 5.67. The molecule has 0 radical (unpaired) electrons. The maximum atomic E-state index is 11.4. The van der Waals surface area contributed by atoms with Crippen LogP contribution in [0.5, 0.6) is 5.75 Å². The van der Waals surface area contributed by atoms with E-state index < -0.39 is 34.3 Å². The quantitative estimate of drug-likeness (QED) is 0.562. The van der Waals surface area contributed by atoms with Crippen molar-refractivity contribution in [3.05, 3.63) is 29.8 Å². The van der Waals surface area contributed by atoms with Crippen molar-refractivity contribution in [1.82, 2.24) is 5.32 Å². The zero-order chi connectivity index (χ0) is 15.2. The Bertz CT molecular complexity index is 599. The lowest BCUT2D eigenvalue weighted by Gasteiger charge is -2.09. The largest absolute Gasteiger partial charge is 0.483 e. The number of carbonyl (C=O) groups excluding carboxylic acids is 2. The summed E-state index contributed by atoms with van der Waals surface area (Å²) >= 11 is 0. The molecule has 0 fully saturated rings. The van der Waals surface area contributed by atoms with Crippen LogP contribution in [0.25, 0.3) is 0 Å². The maximum absolute atomic E-state index is 11.4. The van der Waals surface area contributed by atoms with E-state index in [1.807, 2.05) is 0 Å². The van der Waals surface area contributed by atoms with Crippen molar-refractivity contribution in [3.63, 3.8) is 0 Å². The number of primary amides is 1. The Balaban J connectivity index is 2.47. The fourth-order valence-electron chi connectivity index (χ4n) is 1.31. The maximum Gasteiger partial charge on any atom is 0.266 e. The summed E-state index contributed by atoms with van der Waals surface area (Å²) in [5.74, 6) is -1.71. The second-order valence-electron chi connectivity index (χ2n) is 3.79. The number of benzene rings is 1. The summed E-state index contributed by atoms with van der Waals surface area (Å²) in [6.07, 6.45) is 0. The van der Waals surface area contributed by atoms with Crippen molar-refractivity contribution in [3.8, 4) is 5.75 Å². The van der Waals surface area contributed by atoms with Crippen LogP contribution in [0, 0.1) is 0 Å². The van der Waals surface area contributed by atoms with Gasteiger partial charge in [0.05, 0.1) is 11.3 Å². The molecule has 8 nitrogen and oxygen atoms in total. The minimum Gasteiger partial charge on any atom is -0.483 e. The lowest BCUT2D eigenvalue weighted by molar-refractivity contribution is -0.122. The number of nitrogens with one attached hydrogen (secondary N) is 1. The second kappa shape index (κ2) is 6.87. The van der Waals surface area contributed by atoms with E-state index >= 15 is 0 Å². The molecule has 0 aliphatic carbocycles. The average Bonchev–Trinajstić information content (AvgIpc) is 2.35. The lowest BCUT2D eigenvalue weighted by atomic mass is 10.2. The van der Waals surface area contributed by atoms with Gasteiger partial charge in [-0.05, 0) is 12.1 Å². The molecular weight excluding hydrogens is 288 g/mol. The number of rotatable bonds is 7. The Morgan fingerprint density at radius 3 is 2.55 bits per heavy atom. The SMILES string of the molecule is NC(=O)c1ccccc1OCC(=O)NCCS(=O)(=O)O. The number of ether oxygens (including phenoxy) is 1. The van der Waals surface area contributed by atoms with E-state index in [0.29, 0.717) is 0 Å². The fourth-order valence-corrected chi connectivity index (χ4v) is 1.67. The molecule has 0 aromatic heterocycles. The van der Waals surface area contributed by atoms with E-state index in [4.69, 9.17) is 15.0 Å². The van der Waals surface area contributed by atoms with Gasteiger partial charge in [-0.3, -0.25) is 14.1 Å². The molecule has 110 valence electrons. The molecule has 9 heteroatoms. The molecule has 1 rings (SSSR count). The van der Waals surface area contributed by atoms with Gasteiger partial charge in [0.2, 0.25) is 0 Å². The first-order valence-electron chi connectivity index (χ1n) is 5.53. The highest BCUT2D eigenvalue weighted by atomic mass is 32.2. The molecule has 20 heavy (non-hydrogen) atoms. The molecule has 2 amide bonds. The Morgan fingerprint density at radius 1 is 1.30 bits per heavy atom. The first kappa shape index (κ1) is 15.9. The smallest absolute Gasteiger partial charge is 0.266 e. The fraction of sp³-hybridized carbons (Fsp3) is 0.273. The summed E-state index contributed by atoms with van der Waals surface area (Å²) in [6.45, 7) is -0.645. The number of hydrogen-bond acceptors (Lipinski definition) is 5. The van der Waals surface area contributed by atoms with Crippen molar-refractivity contribution in [2.45, 2.75) is 0 Å². The predicted octanol–water partition coefficient (Wildman–Crippen LogP) is -0.832. The number of amides is 2. The zero-order valence-corrected chi connectivity index (χ0v) is 11.2. The van der Waals surface area contributed by atoms with Gasteiger partial charge in [-0.2, -0.15) is 8.42 Å². The van der Waals surface area contributed by atoms with Crippen molar-refractivity contribution in [2.75, 3.05) is 18.9 Å². The number of para-hydroxylation sites is 1. The Morgan fingerprint density at radius 2 is 1.95 bits per heavy atom. The van der Waals surface area contributed by atoms with Crippen molar-refractivity contribution >= 4 is 21.9 Å². The van der Waals surface area contributed by atoms with Crippen LogP contribution < -0.4 is 15.8 Å². The minimum atomic E-state index is -4.12. The Labute approximate surface area is 115 Å². The van der Waals surface area contributed by atoms with Crippen molar-refractivity contribution in [2.24, 2.45) is 5.73 Å². The summed E-state index contributed by atoms with van der Waals surface area (Å²) in [7, 11) is -4.12. The molecule has 0 saturated carbocycles. The van der Waals surface area contributed by atoms with Crippen LogP contribution in [0.2, 0.25) is 0 Å². The monoisotopic (exact) mass is 302 g/mol. The molecule has 0 heterocycles. The van der Waals surface area contributed by atoms with Gasteiger partial charge >= 0.3 is 0 Å². The highest BCUT2D eigenvalue weighted by molar-refractivity contribution is 7.85. The van der Waals surface area contributed by atoms with E-state index in [-0.39, 0.29) is 17.9 Å². The lowest BCUT2D eigenvalue weighted by Crippen LogP contribution is -2.33. The van der Waals surface area contributed by atoms with E-state index in [9.17, 15) is 18.0 Å². The van der Waals surface area contributed by atoms with Crippen LogP contribution in [-0.4, -0.2) is 43.7 Å². The standard InChI is InChI=1S/C11H14N2O6S/c12-11(15)8-3-1-2-4-9(8)19-7-10(14)13-5-6-20(16,17)18/h1-4H,5-7H2,(H2,12,15)(H,13,14)(H,16,17,18). The topological polar surface area (TPSA) is 136 Å². The zero-order valence-electron chi connectivity index (χ0n) is 10.4. The van der Waals surface area contributed by atoms with Gasteiger partial charge in [-0.15, -0.1) is 0 Å². The van der Waals surface area contributed by atoms with E-state index in [1.165, 1.54) is 12.1 Å². The predicted molar refractivity (Wildman–Crippen MR) is 69.9 cm³/mol. The number of nitrogens with two attached hydrogens (primary N) is 1. The van der Waals surface area contributed by atoms with Crippen LogP contribution in [0.3, 0.4) is 0 Å². The van der Waals surface area contributed by atoms with E-state index in [0.717, 1.165) is 0 Å². The van der Waals surface area contributed by atoms with Gasteiger partial charge < -0.3 is 15.8 Å². The molecule has 0 atom stereocenters. The first-order valence-corrected chi connectivity index (χ1v) is 7.14. The Kier molecular flexibility index (Phi) is 5.47. The third-order valence-corrected chi connectivity index (χ3v) is 2.91. The van der Waals surface area contributed by atoms with Crippen LogP contribution in [0.15, 0.2) is 24.3 Å². The van der Waals surface area contributed by atoms with Crippen LogP contribution in [0.4, 0.5) is 0 Å². The normalized spacial score (nSPS) is 10.8. The van der Waals surface area contributed by atoms with Gasteiger partial charge in [-0.25, -0.2) is 0 Å². The summed E-state index contributed by atoms with van der Waals surface area (Å²) in [5, 5.41) is 2.24. The molecule has 0 unspecified atom stereocenters. The molecule has 0 aliphatic heterocycles. The molecule has 1 aromatic rings. The van der Waals surface area contributed by atoms with Gasteiger partial charge in [0.1, 0.15) is 5.75 Å². The highest BCUT2D eigenvalue weighted by Gasteiger charge is 2.11. The van der Waals surface area contributed by atoms with Crippen LogP contribution in [0.1, 0.15) is 10.4 Å². The van der Waals surface area contributed by atoms with Crippen molar-refractivity contribution < 1.29 is 27.3 Å². The van der Waals surface area contributed by atoms with Gasteiger partial charge in [0.25, 0.3) is 21.9 Å². The number of carbonyl (C=O) groups is 2. The summed E-state index contributed by atoms with van der Waals surface area (Å²) in [6, 6.07) is 6.14. The molecule has 1 aromatic carbocycles. The molecule has 4 N–H and O–H groups in total. The van der Waals surface area contributed by atoms with Crippen molar-refractivity contribution in [1.29, 1.82) is 0 Å². The summed E-state index contributed by atoms with van der Waals surface area (Å²) < 4.78 is 34.5. The summed E-state index contributed by atoms with van der Waals surface area (Å²) in [4.78, 5) is 22.5. The minimum absolute atomic E-state index is 0.137. The second-order valence-corrected chi connectivity index (χ2v) is 5.36. The van der Waals surface area contributed by atoms with Crippen LogP contribution >= 0.6 is 0 Å². The molecular formula is C11H14N2O6S. The van der Waals surface area contributed by atoms with Crippen LogP contribution in [-0.2, 0) is 14.9 Å². The molecule has 0 saturated heterocycles.